The van der Waals surface area contributed by atoms with Gasteiger partial charge in [-0.25, -0.2) is 4.68 Å². The van der Waals surface area contributed by atoms with E-state index in [0.717, 1.165) is 24.9 Å². The van der Waals surface area contributed by atoms with E-state index >= 15 is 0 Å². The average molecular weight is 260 g/mol. The van der Waals surface area contributed by atoms with Gasteiger partial charge >= 0.3 is 0 Å². The van der Waals surface area contributed by atoms with Crippen molar-refractivity contribution in [3.63, 3.8) is 0 Å². The molecule has 0 unspecified atom stereocenters. The number of rotatable bonds is 6. The van der Waals surface area contributed by atoms with E-state index in [1.165, 1.54) is 6.07 Å². The van der Waals surface area contributed by atoms with Crippen LogP contribution in [-0.2, 0) is 6.42 Å². The number of nitro benzene ring substituents is 1. The zero-order valence-corrected chi connectivity index (χ0v) is 10.7. The summed E-state index contributed by atoms with van der Waals surface area (Å²) in [5.41, 5.74) is 1.63. The first-order valence-corrected chi connectivity index (χ1v) is 6.14. The van der Waals surface area contributed by atoms with E-state index in [9.17, 15) is 10.1 Å². The van der Waals surface area contributed by atoms with Crippen molar-refractivity contribution in [3.8, 4) is 5.69 Å². The van der Waals surface area contributed by atoms with Gasteiger partial charge in [-0.05, 0) is 38.1 Å². The van der Waals surface area contributed by atoms with Crippen LogP contribution in [0.15, 0.2) is 36.7 Å². The number of benzene rings is 1. The summed E-state index contributed by atoms with van der Waals surface area (Å²) in [5.74, 6) is 0. The second-order valence-electron chi connectivity index (χ2n) is 4.25. The minimum Gasteiger partial charge on any atom is -0.320 e. The van der Waals surface area contributed by atoms with Crippen molar-refractivity contribution < 1.29 is 4.92 Å². The number of aromatic nitrogens is 2. The lowest BCUT2D eigenvalue weighted by Crippen LogP contribution is -2.08. The van der Waals surface area contributed by atoms with Crippen molar-refractivity contribution in [2.45, 2.75) is 12.8 Å². The van der Waals surface area contributed by atoms with Gasteiger partial charge in [0.2, 0.25) is 0 Å². The van der Waals surface area contributed by atoms with Crippen LogP contribution in [0.4, 0.5) is 5.69 Å². The zero-order chi connectivity index (χ0) is 13.7. The first kappa shape index (κ1) is 13.2. The molecule has 1 aromatic heterocycles. The topological polar surface area (TPSA) is 73.0 Å². The highest BCUT2D eigenvalue weighted by molar-refractivity contribution is 5.51. The maximum atomic E-state index is 11.0. The van der Waals surface area contributed by atoms with Crippen LogP contribution in [0.25, 0.3) is 5.69 Å². The summed E-state index contributed by atoms with van der Waals surface area (Å²) in [5, 5.41) is 18.3. The Morgan fingerprint density at radius 1 is 1.42 bits per heavy atom. The smallest absolute Gasteiger partial charge is 0.294 e. The molecule has 0 aliphatic carbocycles. The Hall–Kier alpha value is -2.21. The van der Waals surface area contributed by atoms with Gasteiger partial charge < -0.3 is 5.32 Å². The van der Waals surface area contributed by atoms with Gasteiger partial charge in [-0.1, -0.05) is 12.1 Å². The maximum Gasteiger partial charge on any atom is 0.294 e. The van der Waals surface area contributed by atoms with E-state index in [1.807, 2.05) is 13.2 Å². The van der Waals surface area contributed by atoms with Crippen LogP contribution in [-0.4, -0.2) is 28.3 Å². The van der Waals surface area contributed by atoms with Gasteiger partial charge in [-0.2, -0.15) is 5.10 Å². The fourth-order valence-electron chi connectivity index (χ4n) is 1.90. The number of hydrogen-bond donors (Lipinski definition) is 1. The minimum atomic E-state index is -0.391. The van der Waals surface area contributed by atoms with E-state index in [1.54, 1.807) is 29.1 Å². The van der Waals surface area contributed by atoms with Gasteiger partial charge in [0.15, 0.2) is 0 Å². The van der Waals surface area contributed by atoms with Crippen molar-refractivity contribution in [1.82, 2.24) is 15.1 Å². The van der Waals surface area contributed by atoms with Crippen LogP contribution in [0.5, 0.6) is 0 Å². The van der Waals surface area contributed by atoms with Crippen LogP contribution in [0.3, 0.4) is 0 Å². The van der Waals surface area contributed by atoms with E-state index in [4.69, 9.17) is 0 Å². The summed E-state index contributed by atoms with van der Waals surface area (Å²) in [6.45, 7) is 0.941. The minimum absolute atomic E-state index is 0.0624. The zero-order valence-electron chi connectivity index (χ0n) is 10.7. The highest BCUT2D eigenvalue weighted by atomic mass is 16.6. The lowest BCUT2D eigenvalue weighted by atomic mass is 10.2. The molecule has 100 valence electrons. The summed E-state index contributed by atoms with van der Waals surface area (Å²) in [6.07, 6.45) is 5.52. The number of nitro groups is 1. The Bertz CT molecular complexity index is 565. The normalized spacial score (nSPS) is 10.6. The number of para-hydroxylation sites is 2. The molecule has 0 spiro atoms. The predicted molar refractivity (Wildman–Crippen MR) is 72.5 cm³/mol. The van der Waals surface area contributed by atoms with Crippen LogP contribution in [0.2, 0.25) is 0 Å². The molecule has 0 atom stereocenters. The van der Waals surface area contributed by atoms with E-state index in [2.05, 4.69) is 10.4 Å². The second-order valence-corrected chi connectivity index (χ2v) is 4.25. The fourth-order valence-corrected chi connectivity index (χ4v) is 1.90. The number of nitrogens with one attached hydrogen (secondary N) is 1. The average Bonchev–Trinajstić information content (AvgIpc) is 2.88. The molecule has 0 fully saturated rings. The summed E-state index contributed by atoms with van der Waals surface area (Å²) in [4.78, 5) is 10.6. The summed E-state index contributed by atoms with van der Waals surface area (Å²) >= 11 is 0. The highest BCUT2D eigenvalue weighted by Crippen LogP contribution is 2.21. The molecule has 1 aromatic carbocycles. The third-order valence-corrected chi connectivity index (χ3v) is 2.85. The molecule has 0 amide bonds. The fraction of sp³-hybridized carbons (Fsp3) is 0.308. The molecular weight excluding hydrogens is 244 g/mol. The lowest BCUT2D eigenvalue weighted by molar-refractivity contribution is -0.384. The molecule has 0 saturated carbocycles. The van der Waals surface area contributed by atoms with Gasteiger partial charge in [-0.3, -0.25) is 10.1 Å². The Kier molecular flexibility index (Phi) is 4.25. The molecule has 19 heavy (non-hydrogen) atoms. The first-order valence-electron chi connectivity index (χ1n) is 6.14. The van der Waals surface area contributed by atoms with Crippen LogP contribution >= 0.6 is 0 Å². The van der Waals surface area contributed by atoms with Crippen molar-refractivity contribution in [3.05, 3.63) is 52.3 Å². The van der Waals surface area contributed by atoms with Gasteiger partial charge in [0.05, 0.1) is 11.1 Å². The third-order valence-electron chi connectivity index (χ3n) is 2.85. The summed E-state index contributed by atoms with van der Waals surface area (Å²) in [7, 11) is 1.91. The van der Waals surface area contributed by atoms with E-state index in [-0.39, 0.29) is 5.69 Å². The third kappa shape index (κ3) is 3.17. The molecule has 0 bridgehead atoms. The number of aryl methyl sites for hydroxylation is 1. The largest absolute Gasteiger partial charge is 0.320 e. The summed E-state index contributed by atoms with van der Waals surface area (Å²) < 4.78 is 1.56. The Morgan fingerprint density at radius 2 is 2.21 bits per heavy atom. The molecule has 6 heteroatoms. The Labute approximate surface area is 111 Å². The molecule has 0 radical (unpaired) electrons. The molecule has 2 aromatic rings. The van der Waals surface area contributed by atoms with Gasteiger partial charge in [0, 0.05) is 12.3 Å². The van der Waals surface area contributed by atoms with Gasteiger partial charge in [-0.15, -0.1) is 0 Å². The second kappa shape index (κ2) is 6.10. The molecule has 1 N–H and O–H groups in total. The molecule has 2 rings (SSSR count). The summed E-state index contributed by atoms with van der Waals surface area (Å²) in [6, 6.07) is 6.60. The number of nitrogens with zero attached hydrogens (tertiary/aromatic N) is 3. The van der Waals surface area contributed by atoms with Crippen LogP contribution < -0.4 is 5.32 Å². The maximum absolute atomic E-state index is 11.0. The lowest BCUT2D eigenvalue weighted by Gasteiger charge is -2.02. The van der Waals surface area contributed by atoms with Crippen molar-refractivity contribution >= 4 is 5.69 Å². The monoisotopic (exact) mass is 260 g/mol. The van der Waals surface area contributed by atoms with E-state index < -0.39 is 4.92 Å². The SMILES string of the molecule is CNCCCc1cnn(-c2ccccc2[N+](=O)[O-])c1. The van der Waals surface area contributed by atoms with Crippen molar-refractivity contribution in [1.29, 1.82) is 0 Å². The molecule has 0 aliphatic rings. The van der Waals surface area contributed by atoms with Gasteiger partial charge in [0.25, 0.3) is 5.69 Å². The van der Waals surface area contributed by atoms with Crippen LogP contribution in [0, 0.1) is 10.1 Å². The molecule has 0 aliphatic heterocycles. The van der Waals surface area contributed by atoms with Gasteiger partial charge in [0.1, 0.15) is 5.69 Å². The molecular formula is C13H16N4O2. The quantitative estimate of drug-likeness (QED) is 0.489. The van der Waals surface area contributed by atoms with Crippen molar-refractivity contribution in [2.75, 3.05) is 13.6 Å². The standard InChI is InChI=1S/C13H16N4O2/c1-14-8-4-5-11-9-15-16(10-11)12-6-2-3-7-13(12)17(18)19/h2-3,6-7,9-10,14H,4-5,8H2,1H3. The molecule has 0 saturated heterocycles. The predicted octanol–water partition coefficient (Wildman–Crippen LogP) is 1.93. The van der Waals surface area contributed by atoms with E-state index in [0.29, 0.717) is 5.69 Å². The molecule has 6 nitrogen and oxygen atoms in total. The first-order chi connectivity index (χ1) is 9.22. The highest BCUT2D eigenvalue weighted by Gasteiger charge is 2.14. The Morgan fingerprint density at radius 3 is 2.95 bits per heavy atom. The van der Waals surface area contributed by atoms with Crippen molar-refractivity contribution in [2.24, 2.45) is 0 Å². The Balaban J connectivity index is 2.21. The van der Waals surface area contributed by atoms with Crippen LogP contribution in [0.1, 0.15) is 12.0 Å². The number of hydrogen-bond acceptors (Lipinski definition) is 4. The molecule has 1 heterocycles.